The van der Waals surface area contributed by atoms with Crippen LogP contribution in [0.1, 0.15) is 45.5 Å². The summed E-state index contributed by atoms with van der Waals surface area (Å²) in [6.45, 7) is 3.39. The van der Waals surface area contributed by atoms with Crippen LogP contribution in [0.15, 0.2) is 36.4 Å². The van der Waals surface area contributed by atoms with Gasteiger partial charge in [0.25, 0.3) is 5.91 Å². The molecular weight excluding hydrogens is 312 g/mol. The van der Waals surface area contributed by atoms with Gasteiger partial charge in [0.15, 0.2) is 0 Å². The van der Waals surface area contributed by atoms with Crippen LogP contribution in [-0.4, -0.2) is 18.4 Å². The maximum atomic E-state index is 12.7. The summed E-state index contributed by atoms with van der Waals surface area (Å²) in [7, 11) is 0. The lowest BCUT2D eigenvalue weighted by atomic mass is 9.89. The van der Waals surface area contributed by atoms with Crippen LogP contribution in [0.5, 0.6) is 0 Å². The van der Waals surface area contributed by atoms with Crippen molar-refractivity contribution in [2.45, 2.75) is 39.2 Å². The third-order valence-electron chi connectivity index (χ3n) is 5.24. The lowest BCUT2D eigenvalue weighted by Gasteiger charge is -2.35. The number of carbonyl (C=O) groups excluding carboxylic acids is 2. The van der Waals surface area contributed by atoms with Crippen molar-refractivity contribution in [2.75, 3.05) is 11.4 Å². The third kappa shape index (κ3) is 2.93. The molecule has 128 valence electrons. The van der Waals surface area contributed by atoms with Crippen molar-refractivity contribution in [3.63, 3.8) is 0 Å². The molecule has 0 saturated heterocycles. The van der Waals surface area contributed by atoms with Crippen molar-refractivity contribution < 1.29 is 9.59 Å². The Labute approximate surface area is 147 Å². The summed E-state index contributed by atoms with van der Waals surface area (Å²) in [5.74, 6) is 0.168. The van der Waals surface area contributed by atoms with E-state index in [1.807, 2.05) is 35.2 Å². The van der Waals surface area contributed by atoms with Crippen molar-refractivity contribution in [3.8, 4) is 0 Å². The van der Waals surface area contributed by atoms with Gasteiger partial charge in [0, 0.05) is 25.1 Å². The standard InChI is InChI=1S/C21H22N2O2/c1-14-5-2-3-6-17(14)13-22-21(25)18-11-15-7-4-10-23-19(24)9-8-16(12-18)20(15)23/h2-3,5-6,11-12H,4,7-10,13H2,1H3,(H,22,25). The maximum absolute atomic E-state index is 12.7. The molecule has 4 nitrogen and oxygen atoms in total. The second-order valence-corrected chi connectivity index (χ2v) is 6.90. The van der Waals surface area contributed by atoms with Gasteiger partial charge in [0.2, 0.25) is 5.91 Å². The number of benzene rings is 2. The van der Waals surface area contributed by atoms with Crippen molar-refractivity contribution in [1.82, 2.24) is 5.32 Å². The highest BCUT2D eigenvalue weighted by atomic mass is 16.2. The minimum Gasteiger partial charge on any atom is -0.348 e. The highest BCUT2D eigenvalue weighted by Crippen LogP contribution is 2.36. The van der Waals surface area contributed by atoms with Crippen LogP contribution in [0.2, 0.25) is 0 Å². The minimum atomic E-state index is -0.0451. The molecule has 0 fully saturated rings. The number of nitrogens with zero attached hydrogens (tertiary/aromatic N) is 1. The second-order valence-electron chi connectivity index (χ2n) is 6.90. The molecule has 25 heavy (non-hydrogen) atoms. The molecule has 0 aliphatic carbocycles. The molecular formula is C21H22N2O2. The Morgan fingerprint density at radius 2 is 1.88 bits per heavy atom. The van der Waals surface area contributed by atoms with Gasteiger partial charge < -0.3 is 10.2 Å². The normalized spacial score (nSPS) is 15.7. The Morgan fingerprint density at radius 3 is 2.68 bits per heavy atom. The highest BCUT2D eigenvalue weighted by molar-refractivity contribution is 6.00. The lowest BCUT2D eigenvalue weighted by molar-refractivity contribution is -0.119. The SMILES string of the molecule is Cc1ccccc1CNC(=O)c1cc2c3c(c1)CCC(=O)N3CCC2. The van der Waals surface area contributed by atoms with Crippen molar-refractivity contribution >= 4 is 17.5 Å². The molecule has 0 saturated carbocycles. The largest absolute Gasteiger partial charge is 0.348 e. The zero-order valence-electron chi connectivity index (χ0n) is 14.5. The van der Waals surface area contributed by atoms with E-state index in [1.165, 1.54) is 5.56 Å². The molecule has 0 aromatic heterocycles. The summed E-state index contributed by atoms with van der Waals surface area (Å²) in [4.78, 5) is 26.7. The van der Waals surface area contributed by atoms with Crippen LogP contribution >= 0.6 is 0 Å². The van der Waals surface area contributed by atoms with Gasteiger partial charge in [-0.25, -0.2) is 0 Å². The second kappa shape index (κ2) is 6.36. The molecule has 1 N–H and O–H groups in total. The summed E-state index contributed by atoms with van der Waals surface area (Å²) < 4.78 is 0. The molecule has 4 heteroatoms. The number of carbonyl (C=O) groups is 2. The van der Waals surface area contributed by atoms with E-state index in [2.05, 4.69) is 18.3 Å². The quantitative estimate of drug-likeness (QED) is 0.937. The van der Waals surface area contributed by atoms with Gasteiger partial charge in [-0.2, -0.15) is 0 Å². The van der Waals surface area contributed by atoms with E-state index in [0.717, 1.165) is 48.2 Å². The molecule has 2 amide bonds. The molecule has 0 atom stereocenters. The topological polar surface area (TPSA) is 49.4 Å². The van der Waals surface area contributed by atoms with Crippen LogP contribution in [0, 0.1) is 6.92 Å². The average molecular weight is 334 g/mol. The summed E-state index contributed by atoms with van der Waals surface area (Å²) >= 11 is 0. The fourth-order valence-corrected chi connectivity index (χ4v) is 3.87. The van der Waals surface area contributed by atoms with E-state index in [0.29, 0.717) is 18.5 Å². The molecule has 0 spiro atoms. The molecule has 2 aromatic rings. The Balaban J connectivity index is 1.58. The number of amides is 2. The van der Waals surface area contributed by atoms with Gasteiger partial charge in [0.05, 0.1) is 5.69 Å². The first-order chi connectivity index (χ1) is 12.1. The first-order valence-electron chi connectivity index (χ1n) is 8.92. The van der Waals surface area contributed by atoms with E-state index < -0.39 is 0 Å². The maximum Gasteiger partial charge on any atom is 0.251 e. The predicted octanol–water partition coefficient (Wildman–Crippen LogP) is 3.15. The summed E-state index contributed by atoms with van der Waals surface area (Å²) in [5.41, 5.74) is 6.36. The van der Waals surface area contributed by atoms with Crippen molar-refractivity contribution in [2.24, 2.45) is 0 Å². The van der Waals surface area contributed by atoms with E-state index >= 15 is 0 Å². The Morgan fingerprint density at radius 1 is 1.12 bits per heavy atom. The third-order valence-corrected chi connectivity index (χ3v) is 5.24. The number of hydrogen-bond donors (Lipinski definition) is 1. The lowest BCUT2D eigenvalue weighted by Crippen LogP contribution is -2.39. The summed E-state index contributed by atoms with van der Waals surface area (Å²) in [5, 5.41) is 3.03. The average Bonchev–Trinajstić information content (AvgIpc) is 2.63. The molecule has 4 rings (SSSR count). The molecule has 2 aromatic carbocycles. The van der Waals surface area contributed by atoms with Gasteiger partial charge in [0.1, 0.15) is 0 Å². The summed E-state index contributed by atoms with van der Waals surface area (Å²) in [6.07, 6.45) is 3.18. The fraction of sp³-hybridized carbons (Fsp3) is 0.333. The number of aryl methyl sites for hydroxylation is 3. The zero-order chi connectivity index (χ0) is 17.4. The number of nitrogens with one attached hydrogen (secondary N) is 1. The highest BCUT2D eigenvalue weighted by Gasteiger charge is 2.30. The van der Waals surface area contributed by atoms with Gasteiger partial charge in [-0.3, -0.25) is 9.59 Å². The fourth-order valence-electron chi connectivity index (χ4n) is 3.87. The number of rotatable bonds is 3. The smallest absolute Gasteiger partial charge is 0.251 e. The van der Waals surface area contributed by atoms with E-state index in [9.17, 15) is 9.59 Å². The number of anilines is 1. The first kappa shape index (κ1) is 15.9. The van der Waals surface area contributed by atoms with Crippen LogP contribution < -0.4 is 10.2 Å². The molecule has 2 heterocycles. The summed E-state index contributed by atoms with van der Waals surface area (Å²) in [6, 6.07) is 12.0. The molecule has 2 aliphatic rings. The van der Waals surface area contributed by atoms with E-state index in [4.69, 9.17) is 0 Å². The van der Waals surface area contributed by atoms with Crippen LogP contribution in [-0.2, 0) is 24.2 Å². The Bertz CT molecular complexity index is 840. The van der Waals surface area contributed by atoms with Gasteiger partial charge in [-0.05, 0) is 60.6 Å². The molecule has 0 unspecified atom stereocenters. The van der Waals surface area contributed by atoms with Crippen molar-refractivity contribution in [1.29, 1.82) is 0 Å². The molecule has 0 radical (unpaired) electrons. The van der Waals surface area contributed by atoms with E-state index in [-0.39, 0.29) is 11.8 Å². The zero-order valence-corrected chi connectivity index (χ0v) is 14.5. The van der Waals surface area contributed by atoms with Crippen LogP contribution in [0.4, 0.5) is 5.69 Å². The van der Waals surface area contributed by atoms with Gasteiger partial charge in [-0.15, -0.1) is 0 Å². The molecule has 2 aliphatic heterocycles. The van der Waals surface area contributed by atoms with E-state index in [1.54, 1.807) is 0 Å². The van der Waals surface area contributed by atoms with Gasteiger partial charge in [-0.1, -0.05) is 24.3 Å². The Hall–Kier alpha value is -2.62. The monoisotopic (exact) mass is 334 g/mol. The van der Waals surface area contributed by atoms with Crippen LogP contribution in [0.25, 0.3) is 0 Å². The number of hydrogen-bond acceptors (Lipinski definition) is 2. The molecule has 0 bridgehead atoms. The van der Waals surface area contributed by atoms with Crippen molar-refractivity contribution in [3.05, 3.63) is 64.2 Å². The predicted molar refractivity (Wildman–Crippen MR) is 97.8 cm³/mol. The van der Waals surface area contributed by atoms with Gasteiger partial charge >= 0.3 is 0 Å². The first-order valence-corrected chi connectivity index (χ1v) is 8.92. The van der Waals surface area contributed by atoms with Crippen LogP contribution in [0.3, 0.4) is 0 Å². The Kier molecular flexibility index (Phi) is 4.04. The minimum absolute atomic E-state index is 0.0451.